The van der Waals surface area contributed by atoms with E-state index in [0.717, 1.165) is 12.8 Å². The Morgan fingerprint density at radius 2 is 2.08 bits per heavy atom. The number of hydrogen-bond donors (Lipinski definition) is 1. The highest BCUT2D eigenvalue weighted by atomic mass is 32.2. The number of nitrogens with one attached hydrogen (secondary N) is 1. The number of aromatic nitrogens is 3. The van der Waals surface area contributed by atoms with E-state index in [-0.39, 0.29) is 17.5 Å². The average molecular weight is 365 g/mol. The molecule has 1 aliphatic rings. The molecule has 0 aliphatic carbocycles. The van der Waals surface area contributed by atoms with Crippen molar-refractivity contribution in [2.24, 2.45) is 7.05 Å². The minimum absolute atomic E-state index is 0.206. The summed E-state index contributed by atoms with van der Waals surface area (Å²) in [6.07, 6.45) is 3.33. The molecule has 1 atom stereocenters. The first-order valence-corrected chi connectivity index (χ1v) is 9.68. The van der Waals surface area contributed by atoms with Crippen LogP contribution >= 0.6 is 0 Å². The number of ether oxygens (including phenoxy) is 1. The van der Waals surface area contributed by atoms with E-state index in [9.17, 15) is 8.42 Å². The first kappa shape index (κ1) is 17.8. The molecule has 2 heterocycles. The Kier molecular flexibility index (Phi) is 5.36. The smallest absolute Gasteiger partial charge is 0.243 e. The Morgan fingerprint density at radius 3 is 2.72 bits per heavy atom. The highest BCUT2D eigenvalue weighted by Crippen LogP contribution is 2.23. The van der Waals surface area contributed by atoms with E-state index in [1.807, 2.05) is 7.05 Å². The van der Waals surface area contributed by atoms with Gasteiger partial charge >= 0.3 is 0 Å². The molecule has 2 aromatic rings. The van der Waals surface area contributed by atoms with Gasteiger partial charge in [0, 0.05) is 26.2 Å². The third-order valence-electron chi connectivity index (χ3n) is 4.43. The van der Waals surface area contributed by atoms with Gasteiger partial charge in [0.05, 0.1) is 4.90 Å². The molecule has 1 aliphatic heterocycles. The average Bonchev–Trinajstić information content (AvgIpc) is 3.05. The summed E-state index contributed by atoms with van der Waals surface area (Å²) in [6.45, 7) is 1.34. The fourth-order valence-corrected chi connectivity index (χ4v) is 4.38. The van der Waals surface area contributed by atoms with E-state index < -0.39 is 10.0 Å². The summed E-state index contributed by atoms with van der Waals surface area (Å²) in [6, 6.07) is 6.72. The summed E-state index contributed by atoms with van der Waals surface area (Å²) in [4.78, 5) is 4.37. The van der Waals surface area contributed by atoms with Gasteiger partial charge < -0.3 is 10.1 Å². The molecule has 1 aromatic carbocycles. The maximum Gasteiger partial charge on any atom is 0.243 e. The molecule has 1 unspecified atom stereocenters. The van der Waals surface area contributed by atoms with E-state index in [1.165, 1.54) is 6.33 Å². The number of aryl methyl sites for hydroxylation is 1. The summed E-state index contributed by atoms with van der Waals surface area (Å²) in [5.74, 6) is 1.29. The van der Waals surface area contributed by atoms with Crippen molar-refractivity contribution >= 4 is 10.0 Å². The SMILES string of the molecule is CNC1CCCN(S(=O)(=O)c2ccc(OCc3ncnn3C)cc2)C1. The molecule has 1 aromatic heterocycles. The van der Waals surface area contributed by atoms with Gasteiger partial charge in [-0.1, -0.05) is 0 Å². The second-order valence-electron chi connectivity index (χ2n) is 6.05. The monoisotopic (exact) mass is 365 g/mol. The predicted molar refractivity (Wildman–Crippen MR) is 92.6 cm³/mol. The Hall–Kier alpha value is -1.97. The van der Waals surface area contributed by atoms with E-state index in [2.05, 4.69) is 15.4 Å². The third-order valence-corrected chi connectivity index (χ3v) is 6.31. The zero-order valence-corrected chi connectivity index (χ0v) is 15.2. The van der Waals surface area contributed by atoms with Gasteiger partial charge in [-0.05, 0) is 44.2 Å². The third kappa shape index (κ3) is 4.00. The van der Waals surface area contributed by atoms with Gasteiger partial charge in [-0.15, -0.1) is 0 Å². The molecule has 8 nitrogen and oxygen atoms in total. The molecule has 0 spiro atoms. The van der Waals surface area contributed by atoms with Crippen LogP contribution in [-0.4, -0.2) is 53.7 Å². The Balaban J connectivity index is 1.67. The Morgan fingerprint density at radius 1 is 1.32 bits per heavy atom. The van der Waals surface area contributed by atoms with Gasteiger partial charge in [-0.2, -0.15) is 9.40 Å². The molecule has 0 bridgehead atoms. The lowest BCUT2D eigenvalue weighted by Gasteiger charge is -2.31. The van der Waals surface area contributed by atoms with Crippen LogP contribution in [0.1, 0.15) is 18.7 Å². The number of sulfonamides is 1. The lowest BCUT2D eigenvalue weighted by molar-refractivity contribution is 0.288. The summed E-state index contributed by atoms with van der Waals surface area (Å²) in [7, 11) is 0.180. The lowest BCUT2D eigenvalue weighted by Crippen LogP contribution is -2.46. The molecule has 3 rings (SSSR count). The van der Waals surface area contributed by atoms with E-state index in [1.54, 1.807) is 40.3 Å². The summed E-state index contributed by atoms with van der Waals surface area (Å²) in [5.41, 5.74) is 0. The number of piperidine rings is 1. The summed E-state index contributed by atoms with van der Waals surface area (Å²) >= 11 is 0. The number of likely N-dealkylation sites (N-methyl/N-ethyl adjacent to an activating group) is 1. The second-order valence-corrected chi connectivity index (χ2v) is 7.99. The molecule has 1 fully saturated rings. The van der Waals surface area contributed by atoms with Crippen molar-refractivity contribution in [3.8, 4) is 5.75 Å². The molecule has 25 heavy (non-hydrogen) atoms. The van der Waals surface area contributed by atoms with Crippen molar-refractivity contribution in [2.75, 3.05) is 20.1 Å². The Labute approximate surface area is 147 Å². The summed E-state index contributed by atoms with van der Waals surface area (Å²) < 4.78 is 34.4. The largest absolute Gasteiger partial charge is 0.486 e. The van der Waals surface area contributed by atoms with Gasteiger partial charge in [-0.25, -0.2) is 13.4 Å². The molecule has 9 heteroatoms. The zero-order valence-electron chi connectivity index (χ0n) is 14.4. The molecule has 0 amide bonds. The number of nitrogens with zero attached hydrogens (tertiary/aromatic N) is 4. The van der Waals surface area contributed by atoms with Crippen LogP contribution in [-0.2, 0) is 23.7 Å². The highest BCUT2D eigenvalue weighted by Gasteiger charge is 2.29. The van der Waals surface area contributed by atoms with Gasteiger partial charge in [0.2, 0.25) is 10.0 Å². The molecule has 0 saturated carbocycles. The fraction of sp³-hybridized carbons (Fsp3) is 0.500. The van der Waals surface area contributed by atoms with Crippen molar-refractivity contribution in [2.45, 2.75) is 30.4 Å². The number of hydrogen-bond acceptors (Lipinski definition) is 6. The molecular weight excluding hydrogens is 342 g/mol. The van der Waals surface area contributed by atoms with Crippen molar-refractivity contribution in [1.29, 1.82) is 0 Å². The topological polar surface area (TPSA) is 89.3 Å². The summed E-state index contributed by atoms with van der Waals surface area (Å²) in [5, 5.41) is 7.14. The van der Waals surface area contributed by atoms with E-state index in [0.29, 0.717) is 24.7 Å². The number of benzene rings is 1. The molecule has 0 radical (unpaired) electrons. The quantitative estimate of drug-likeness (QED) is 0.813. The fourth-order valence-electron chi connectivity index (χ4n) is 2.85. The van der Waals surface area contributed by atoms with Gasteiger partial charge in [0.25, 0.3) is 0 Å². The second kappa shape index (κ2) is 7.51. The molecule has 136 valence electrons. The van der Waals surface area contributed by atoms with Crippen LogP contribution in [0.4, 0.5) is 0 Å². The van der Waals surface area contributed by atoms with Crippen LogP contribution in [0, 0.1) is 0 Å². The van der Waals surface area contributed by atoms with Crippen molar-refractivity contribution in [3.63, 3.8) is 0 Å². The van der Waals surface area contributed by atoms with Crippen molar-refractivity contribution in [1.82, 2.24) is 24.4 Å². The van der Waals surface area contributed by atoms with Crippen LogP contribution in [0.15, 0.2) is 35.5 Å². The minimum Gasteiger partial charge on any atom is -0.486 e. The lowest BCUT2D eigenvalue weighted by atomic mass is 10.1. The maximum absolute atomic E-state index is 12.8. The first-order chi connectivity index (χ1) is 12.0. The van der Waals surface area contributed by atoms with Crippen LogP contribution < -0.4 is 10.1 Å². The van der Waals surface area contributed by atoms with Gasteiger partial charge in [-0.3, -0.25) is 4.68 Å². The number of rotatable bonds is 6. The van der Waals surface area contributed by atoms with E-state index >= 15 is 0 Å². The van der Waals surface area contributed by atoms with Crippen LogP contribution in [0.2, 0.25) is 0 Å². The van der Waals surface area contributed by atoms with Crippen molar-refractivity contribution < 1.29 is 13.2 Å². The van der Waals surface area contributed by atoms with Crippen LogP contribution in [0.3, 0.4) is 0 Å². The highest BCUT2D eigenvalue weighted by molar-refractivity contribution is 7.89. The minimum atomic E-state index is -3.48. The molecule has 1 N–H and O–H groups in total. The normalized spacial score (nSPS) is 19.0. The van der Waals surface area contributed by atoms with Gasteiger partial charge in [0.15, 0.2) is 5.82 Å². The molecule has 1 saturated heterocycles. The first-order valence-electron chi connectivity index (χ1n) is 8.24. The predicted octanol–water partition coefficient (Wildman–Crippen LogP) is 0.767. The Bertz CT molecular complexity index is 803. The molecular formula is C16H23N5O3S. The van der Waals surface area contributed by atoms with Crippen molar-refractivity contribution in [3.05, 3.63) is 36.4 Å². The standard InChI is InChI=1S/C16H23N5O3S/c1-17-13-4-3-9-21(10-13)25(22,23)15-7-5-14(6-8-15)24-11-16-18-12-19-20(16)2/h5-8,12-13,17H,3-4,9-11H2,1-2H3. The van der Waals surface area contributed by atoms with Crippen LogP contribution in [0.5, 0.6) is 5.75 Å². The maximum atomic E-state index is 12.8. The van der Waals surface area contributed by atoms with Gasteiger partial charge in [0.1, 0.15) is 18.7 Å². The van der Waals surface area contributed by atoms with E-state index in [4.69, 9.17) is 4.74 Å². The van der Waals surface area contributed by atoms with Crippen LogP contribution in [0.25, 0.3) is 0 Å². The zero-order chi connectivity index (χ0) is 17.9.